The third kappa shape index (κ3) is 1.75. The molecule has 0 aromatic heterocycles. The second-order valence-corrected chi connectivity index (χ2v) is 1.39. The van der Waals surface area contributed by atoms with E-state index in [-0.39, 0.29) is 0 Å². The largest absolute Gasteiger partial charge is 0.330 e. The molecule has 0 heterocycles. The lowest BCUT2D eigenvalue weighted by Crippen LogP contribution is -2.35. The summed E-state index contributed by atoms with van der Waals surface area (Å²) >= 11 is 0. The van der Waals surface area contributed by atoms with Crippen molar-refractivity contribution in [3.05, 3.63) is 0 Å². The molecule has 0 atom stereocenters. The van der Waals surface area contributed by atoms with Crippen molar-refractivity contribution >= 4 is 0 Å². The van der Waals surface area contributed by atoms with Crippen molar-refractivity contribution in [3.8, 4) is 0 Å². The molecule has 0 aromatic rings. The highest BCUT2D eigenvalue weighted by molar-refractivity contribution is 4.37. The summed E-state index contributed by atoms with van der Waals surface area (Å²) in [4.78, 5) is 4.29. The molecule has 0 aliphatic rings. The molecule has 0 aliphatic heterocycles. The zero-order valence-corrected chi connectivity index (χ0v) is 5.30. The van der Waals surface area contributed by atoms with Crippen molar-refractivity contribution in [2.75, 3.05) is 14.2 Å². The van der Waals surface area contributed by atoms with Gasteiger partial charge in [-0.2, -0.15) is 0 Å². The van der Waals surface area contributed by atoms with Crippen molar-refractivity contribution in [2.24, 2.45) is 5.90 Å². The van der Waals surface area contributed by atoms with Crippen LogP contribution in [0.2, 0.25) is 0 Å². The predicted molar refractivity (Wildman–Crippen MR) is 27.7 cm³/mol. The average Bonchev–Trinajstić information content (AvgIpc) is 1.87. The van der Waals surface area contributed by atoms with Gasteiger partial charge in [0.25, 0.3) is 5.97 Å². The highest BCUT2D eigenvalue weighted by Crippen LogP contribution is 2.06. The zero-order valence-electron chi connectivity index (χ0n) is 5.30. The molecule has 0 spiro atoms. The van der Waals surface area contributed by atoms with Gasteiger partial charge in [-0.25, -0.2) is 10.7 Å². The minimum atomic E-state index is -1.10. The van der Waals surface area contributed by atoms with Crippen LogP contribution >= 0.6 is 0 Å². The highest BCUT2D eigenvalue weighted by Gasteiger charge is 2.21. The summed E-state index contributed by atoms with van der Waals surface area (Å²) in [5.74, 6) is 3.68. The second kappa shape index (κ2) is 2.99. The summed E-state index contributed by atoms with van der Waals surface area (Å²) < 4.78 is 9.33. The highest BCUT2D eigenvalue weighted by atomic mass is 16.9. The lowest BCUT2D eigenvalue weighted by atomic mass is 10.6. The topological polar surface area (TPSA) is 53.7 Å². The Balaban J connectivity index is 3.58. The molecule has 0 bridgehead atoms. The standard InChI is InChI=1S/C4H11NO3/c1-4(6-2,7-3)8-5/h5H2,1-3H3. The molecule has 8 heavy (non-hydrogen) atoms. The van der Waals surface area contributed by atoms with Crippen molar-refractivity contribution < 1.29 is 14.3 Å². The molecule has 0 radical (unpaired) electrons. The van der Waals surface area contributed by atoms with Crippen LogP contribution in [0, 0.1) is 0 Å². The Kier molecular flexibility index (Phi) is 2.93. The number of methoxy groups -OCH3 is 2. The molecule has 50 valence electrons. The maximum atomic E-state index is 4.78. The van der Waals surface area contributed by atoms with Crippen LogP contribution < -0.4 is 5.90 Å². The molecule has 0 aromatic carbocycles. The first-order chi connectivity index (χ1) is 3.68. The van der Waals surface area contributed by atoms with Crippen LogP contribution in [0.15, 0.2) is 0 Å². The second-order valence-electron chi connectivity index (χ2n) is 1.39. The van der Waals surface area contributed by atoms with E-state index in [1.165, 1.54) is 14.2 Å². The van der Waals surface area contributed by atoms with Crippen LogP contribution in [0.25, 0.3) is 0 Å². The van der Waals surface area contributed by atoms with Crippen LogP contribution in [-0.4, -0.2) is 20.2 Å². The average molecular weight is 121 g/mol. The van der Waals surface area contributed by atoms with Gasteiger partial charge in [-0.1, -0.05) is 0 Å². The Morgan fingerprint density at radius 3 is 1.62 bits per heavy atom. The van der Waals surface area contributed by atoms with Crippen molar-refractivity contribution in [3.63, 3.8) is 0 Å². The fourth-order valence-corrected chi connectivity index (χ4v) is 0.180. The number of ether oxygens (including phenoxy) is 2. The van der Waals surface area contributed by atoms with Gasteiger partial charge in [0.15, 0.2) is 0 Å². The summed E-state index contributed by atoms with van der Waals surface area (Å²) in [5, 5.41) is 0. The van der Waals surface area contributed by atoms with Gasteiger partial charge in [0.1, 0.15) is 0 Å². The summed E-state index contributed by atoms with van der Waals surface area (Å²) in [7, 11) is 2.88. The SMILES string of the molecule is COC(C)(OC)ON. The van der Waals surface area contributed by atoms with Crippen LogP contribution in [-0.2, 0) is 14.3 Å². The van der Waals surface area contributed by atoms with Gasteiger partial charge in [-0.3, -0.25) is 0 Å². The molecular weight excluding hydrogens is 110 g/mol. The van der Waals surface area contributed by atoms with Crippen molar-refractivity contribution in [1.29, 1.82) is 0 Å². The number of nitrogens with two attached hydrogens (primary N) is 1. The molecule has 4 heteroatoms. The number of hydrogen-bond donors (Lipinski definition) is 1. The predicted octanol–water partition coefficient (Wildman–Crippen LogP) is -0.157. The van der Waals surface area contributed by atoms with E-state index in [9.17, 15) is 0 Å². The first-order valence-corrected chi connectivity index (χ1v) is 2.16. The van der Waals surface area contributed by atoms with Crippen LogP contribution in [0.3, 0.4) is 0 Å². The molecule has 0 amide bonds. The van der Waals surface area contributed by atoms with Crippen LogP contribution in [0.1, 0.15) is 6.92 Å². The van der Waals surface area contributed by atoms with E-state index in [4.69, 9.17) is 5.90 Å². The summed E-state index contributed by atoms with van der Waals surface area (Å²) in [5.41, 5.74) is 0. The maximum absolute atomic E-state index is 4.78. The van der Waals surface area contributed by atoms with E-state index >= 15 is 0 Å². The Labute approximate surface area is 48.5 Å². The quantitative estimate of drug-likeness (QED) is 0.416. The molecule has 2 N–H and O–H groups in total. The van der Waals surface area contributed by atoms with Gasteiger partial charge in [-0.15, -0.1) is 0 Å². The van der Waals surface area contributed by atoms with Crippen molar-refractivity contribution in [2.45, 2.75) is 12.9 Å². The van der Waals surface area contributed by atoms with Crippen LogP contribution in [0.5, 0.6) is 0 Å². The summed E-state index contributed by atoms with van der Waals surface area (Å²) in [6.07, 6.45) is 0. The third-order valence-electron chi connectivity index (χ3n) is 0.956. The van der Waals surface area contributed by atoms with Crippen LogP contribution in [0.4, 0.5) is 0 Å². The molecule has 0 saturated carbocycles. The summed E-state index contributed by atoms with van der Waals surface area (Å²) in [6.45, 7) is 1.56. The molecule has 0 aliphatic carbocycles. The van der Waals surface area contributed by atoms with Gasteiger partial charge in [-0.05, 0) is 0 Å². The van der Waals surface area contributed by atoms with E-state index in [0.717, 1.165) is 0 Å². The smallest absolute Gasteiger partial charge is 0.295 e. The Morgan fingerprint density at radius 1 is 1.25 bits per heavy atom. The first-order valence-electron chi connectivity index (χ1n) is 2.16. The Bertz CT molecular complexity index is 54.0. The third-order valence-corrected chi connectivity index (χ3v) is 0.956. The fourth-order valence-electron chi connectivity index (χ4n) is 0.180. The van der Waals surface area contributed by atoms with E-state index in [1.807, 2.05) is 0 Å². The van der Waals surface area contributed by atoms with E-state index in [0.29, 0.717) is 0 Å². The molecule has 0 saturated heterocycles. The van der Waals surface area contributed by atoms with Gasteiger partial charge in [0.2, 0.25) is 0 Å². The number of rotatable bonds is 3. The normalized spacial score (nSPS) is 12.0. The minimum absolute atomic E-state index is 1.10. The van der Waals surface area contributed by atoms with Crippen molar-refractivity contribution in [1.82, 2.24) is 0 Å². The molecule has 0 fully saturated rings. The zero-order chi connectivity index (χ0) is 6.62. The minimum Gasteiger partial charge on any atom is -0.330 e. The Morgan fingerprint density at radius 2 is 1.62 bits per heavy atom. The van der Waals surface area contributed by atoms with E-state index in [2.05, 4.69) is 14.3 Å². The van der Waals surface area contributed by atoms with E-state index in [1.54, 1.807) is 6.92 Å². The van der Waals surface area contributed by atoms with Gasteiger partial charge < -0.3 is 9.47 Å². The lowest BCUT2D eigenvalue weighted by Gasteiger charge is -2.21. The molecular formula is C4H11NO3. The molecule has 0 rings (SSSR count). The lowest BCUT2D eigenvalue weighted by molar-refractivity contribution is -0.353. The van der Waals surface area contributed by atoms with Gasteiger partial charge in [0, 0.05) is 21.1 Å². The molecule has 0 unspecified atom stereocenters. The fraction of sp³-hybridized carbons (Fsp3) is 1.00. The molecule has 4 nitrogen and oxygen atoms in total. The monoisotopic (exact) mass is 121 g/mol. The van der Waals surface area contributed by atoms with Gasteiger partial charge in [0.05, 0.1) is 0 Å². The maximum Gasteiger partial charge on any atom is 0.295 e. The van der Waals surface area contributed by atoms with E-state index < -0.39 is 5.97 Å². The van der Waals surface area contributed by atoms with Gasteiger partial charge >= 0.3 is 0 Å². The number of hydrogen-bond acceptors (Lipinski definition) is 4. The Hall–Kier alpha value is -0.160. The first kappa shape index (κ1) is 7.84. The summed E-state index contributed by atoms with van der Waals surface area (Å²) in [6, 6.07) is 0.